The predicted molar refractivity (Wildman–Crippen MR) is 147 cm³/mol. The van der Waals surface area contributed by atoms with Crippen LogP contribution < -0.4 is 9.80 Å². The van der Waals surface area contributed by atoms with E-state index in [9.17, 15) is 30.7 Å². The molecule has 1 aliphatic carbocycles. The summed E-state index contributed by atoms with van der Waals surface area (Å²) in [7, 11) is 1.50. The maximum absolute atomic E-state index is 14.1. The number of pyridine rings is 1. The van der Waals surface area contributed by atoms with E-state index in [0.717, 1.165) is 30.5 Å². The molecule has 0 atom stereocenters. The Labute approximate surface area is 243 Å². The van der Waals surface area contributed by atoms with Gasteiger partial charge in [-0.3, -0.25) is 0 Å². The lowest BCUT2D eigenvalue weighted by Gasteiger charge is -2.30. The molecule has 230 valence electrons. The second kappa shape index (κ2) is 12.0. The molecule has 7 nitrogen and oxygen atoms in total. The first-order chi connectivity index (χ1) is 20.3. The average molecular weight is 610 g/mol. The second-order valence-electron chi connectivity index (χ2n) is 10.8. The van der Waals surface area contributed by atoms with Gasteiger partial charge in [-0.15, -0.1) is 5.10 Å². The summed E-state index contributed by atoms with van der Waals surface area (Å²) in [6.07, 6.45) is -5.57. The lowest BCUT2D eigenvalue weighted by molar-refractivity contribution is -0.143. The van der Waals surface area contributed by atoms with Crippen LogP contribution in [0.3, 0.4) is 0 Å². The van der Waals surface area contributed by atoms with E-state index >= 15 is 0 Å². The van der Waals surface area contributed by atoms with Crippen LogP contribution in [0.4, 0.5) is 42.5 Å². The van der Waals surface area contributed by atoms with Crippen LogP contribution in [-0.2, 0) is 32.5 Å². The Morgan fingerprint density at radius 1 is 0.884 bits per heavy atom. The molecule has 14 heteroatoms. The number of aryl methyl sites for hydroxylation is 1. The molecular weight excluding hydrogens is 579 g/mol. The van der Waals surface area contributed by atoms with Crippen molar-refractivity contribution in [3.05, 3.63) is 70.5 Å². The highest BCUT2D eigenvalue weighted by molar-refractivity contribution is 5.82. The SMILES string of the molecule is CCN(CC1CCCC1)c1nc2cc(F)ccc2cc1CN(Cc1cc(C(F)(F)F)cc(C(F)(F)F)c1)c1nnn(C)n1. The average Bonchev–Trinajstić information content (AvgIpc) is 3.62. The first kappa shape index (κ1) is 30.5. The fraction of sp³-hybridized carbons (Fsp3) is 0.448. The molecule has 0 unspecified atom stereocenters. The maximum atomic E-state index is 14.1. The van der Waals surface area contributed by atoms with Gasteiger partial charge in [0.1, 0.15) is 11.6 Å². The van der Waals surface area contributed by atoms with Gasteiger partial charge in [0.15, 0.2) is 0 Å². The molecule has 2 aromatic heterocycles. The van der Waals surface area contributed by atoms with Crippen molar-refractivity contribution in [3.8, 4) is 0 Å². The molecule has 0 spiro atoms. The Balaban J connectivity index is 1.59. The quantitative estimate of drug-likeness (QED) is 0.188. The third-order valence-electron chi connectivity index (χ3n) is 7.63. The van der Waals surface area contributed by atoms with Crippen molar-refractivity contribution in [2.45, 2.75) is 58.0 Å². The molecule has 0 radical (unpaired) electrons. The zero-order valence-corrected chi connectivity index (χ0v) is 23.6. The second-order valence-corrected chi connectivity index (χ2v) is 10.8. The molecule has 0 bridgehead atoms. The van der Waals surface area contributed by atoms with Crippen molar-refractivity contribution in [1.29, 1.82) is 0 Å². The van der Waals surface area contributed by atoms with Gasteiger partial charge in [0.25, 0.3) is 5.95 Å². The molecule has 1 aliphatic rings. The Morgan fingerprint density at radius 3 is 2.14 bits per heavy atom. The van der Waals surface area contributed by atoms with Gasteiger partial charge < -0.3 is 9.80 Å². The summed E-state index contributed by atoms with van der Waals surface area (Å²) in [6.45, 7) is 2.88. The minimum Gasteiger partial charge on any atom is -0.356 e. The minimum atomic E-state index is -4.99. The van der Waals surface area contributed by atoms with E-state index in [1.807, 2.05) is 13.0 Å². The lowest BCUT2D eigenvalue weighted by Crippen LogP contribution is -2.32. The van der Waals surface area contributed by atoms with Gasteiger partial charge in [0.05, 0.1) is 23.7 Å². The van der Waals surface area contributed by atoms with Crippen molar-refractivity contribution in [2.24, 2.45) is 13.0 Å². The van der Waals surface area contributed by atoms with Crippen molar-refractivity contribution >= 4 is 22.7 Å². The zero-order chi connectivity index (χ0) is 30.9. The van der Waals surface area contributed by atoms with Gasteiger partial charge in [-0.05, 0) is 72.9 Å². The highest BCUT2D eigenvalue weighted by Crippen LogP contribution is 2.37. The van der Waals surface area contributed by atoms with Crippen molar-refractivity contribution in [2.75, 3.05) is 22.9 Å². The van der Waals surface area contributed by atoms with E-state index in [-0.39, 0.29) is 30.7 Å². The number of aromatic nitrogens is 5. The molecule has 0 aliphatic heterocycles. The molecule has 1 fully saturated rings. The number of halogens is 7. The minimum absolute atomic E-state index is 0.0115. The standard InChI is InChI=1S/C29H30F7N7/c1-3-42(15-18-6-4-5-7-18)26-21(12-20-8-9-24(30)14-25(20)37-26)17-43(27-38-40-41(2)39-27)16-19-10-22(28(31,32)33)13-23(11-19)29(34,35)36/h8-14,18H,3-7,15-17H2,1-2H3. The monoisotopic (exact) mass is 609 g/mol. The first-order valence-electron chi connectivity index (χ1n) is 13.9. The number of anilines is 2. The van der Waals surface area contributed by atoms with E-state index in [4.69, 9.17) is 4.98 Å². The van der Waals surface area contributed by atoms with Gasteiger partial charge in [-0.2, -0.15) is 31.1 Å². The zero-order valence-electron chi connectivity index (χ0n) is 23.6. The topological polar surface area (TPSA) is 63.0 Å². The summed E-state index contributed by atoms with van der Waals surface area (Å²) in [6, 6.07) is 7.50. The number of tetrazole rings is 1. The summed E-state index contributed by atoms with van der Waals surface area (Å²) in [5.74, 6) is 0.563. The molecule has 2 aromatic carbocycles. The van der Waals surface area contributed by atoms with E-state index in [1.165, 1.54) is 24.1 Å². The number of hydrogen-bond acceptors (Lipinski definition) is 6. The van der Waals surface area contributed by atoms with Crippen LogP contribution in [0, 0.1) is 11.7 Å². The molecule has 2 heterocycles. The molecular formula is C29H30F7N7. The van der Waals surface area contributed by atoms with Gasteiger partial charge in [-0.1, -0.05) is 17.9 Å². The van der Waals surface area contributed by atoms with Gasteiger partial charge in [0.2, 0.25) is 0 Å². The summed E-state index contributed by atoms with van der Waals surface area (Å²) >= 11 is 0. The van der Waals surface area contributed by atoms with Crippen LogP contribution in [0.2, 0.25) is 0 Å². The van der Waals surface area contributed by atoms with Gasteiger partial charge in [0, 0.05) is 43.2 Å². The van der Waals surface area contributed by atoms with E-state index < -0.39 is 29.3 Å². The van der Waals surface area contributed by atoms with E-state index in [2.05, 4.69) is 20.3 Å². The Hall–Kier alpha value is -3.97. The molecule has 0 amide bonds. The molecule has 5 rings (SSSR count). The third-order valence-corrected chi connectivity index (χ3v) is 7.63. The van der Waals surface area contributed by atoms with Gasteiger partial charge in [-0.25, -0.2) is 9.37 Å². The normalized spacial score (nSPS) is 14.5. The highest BCUT2D eigenvalue weighted by Gasteiger charge is 2.37. The summed E-state index contributed by atoms with van der Waals surface area (Å²) in [5, 5.41) is 12.6. The fourth-order valence-corrected chi connectivity index (χ4v) is 5.57. The fourth-order valence-electron chi connectivity index (χ4n) is 5.57. The van der Waals surface area contributed by atoms with Crippen molar-refractivity contribution < 1.29 is 30.7 Å². The Bertz CT molecular complexity index is 1540. The van der Waals surface area contributed by atoms with Crippen molar-refractivity contribution in [3.63, 3.8) is 0 Å². The highest BCUT2D eigenvalue weighted by atomic mass is 19.4. The molecule has 43 heavy (non-hydrogen) atoms. The summed E-state index contributed by atoms with van der Waals surface area (Å²) in [5.41, 5.74) is -1.98. The number of hydrogen-bond donors (Lipinski definition) is 0. The Morgan fingerprint density at radius 2 is 1.56 bits per heavy atom. The largest absolute Gasteiger partial charge is 0.416 e. The lowest BCUT2D eigenvalue weighted by atomic mass is 10.0. The number of alkyl halides is 6. The van der Waals surface area contributed by atoms with Crippen LogP contribution in [0.15, 0.2) is 42.5 Å². The molecule has 0 N–H and O–H groups in total. The first-order valence-corrected chi connectivity index (χ1v) is 13.9. The van der Waals surface area contributed by atoms with Crippen LogP contribution >= 0.6 is 0 Å². The smallest absolute Gasteiger partial charge is 0.356 e. The summed E-state index contributed by atoms with van der Waals surface area (Å²) < 4.78 is 95.8. The number of rotatable bonds is 9. The van der Waals surface area contributed by atoms with Crippen molar-refractivity contribution in [1.82, 2.24) is 25.2 Å². The number of fused-ring (bicyclic) bond motifs is 1. The maximum Gasteiger partial charge on any atom is 0.416 e. The van der Waals surface area contributed by atoms with Crippen LogP contribution in [0.1, 0.15) is 54.9 Å². The van der Waals surface area contributed by atoms with Crippen LogP contribution in [-0.4, -0.2) is 38.3 Å². The summed E-state index contributed by atoms with van der Waals surface area (Å²) in [4.78, 5) is 9.50. The van der Waals surface area contributed by atoms with E-state index in [1.54, 1.807) is 6.07 Å². The van der Waals surface area contributed by atoms with Gasteiger partial charge >= 0.3 is 12.4 Å². The number of benzene rings is 2. The predicted octanol–water partition coefficient (Wildman–Crippen LogP) is 7.16. The number of nitrogens with zero attached hydrogens (tertiary/aromatic N) is 7. The van der Waals surface area contributed by atoms with Crippen LogP contribution in [0.25, 0.3) is 10.9 Å². The molecule has 0 saturated heterocycles. The van der Waals surface area contributed by atoms with Crippen LogP contribution in [0.5, 0.6) is 0 Å². The third kappa shape index (κ3) is 7.16. The molecule has 4 aromatic rings. The Kier molecular flexibility index (Phi) is 8.48. The van der Waals surface area contributed by atoms with E-state index in [0.29, 0.717) is 53.4 Å². The molecule has 1 saturated carbocycles.